The van der Waals surface area contributed by atoms with Gasteiger partial charge in [0.2, 0.25) is 0 Å². The Bertz CT molecular complexity index is 724. The fourth-order valence-electron chi connectivity index (χ4n) is 1.85. The van der Waals surface area contributed by atoms with E-state index in [-0.39, 0.29) is 5.78 Å². The van der Waals surface area contributed by atoms with Gasteiger partial charge < -0.3 is 15.7 Å². The highest BCUT2D eigenvalue weighted by molar-refractivity contribution is 6.09. The van der Waals surface area contributed by atoms with Crippen molar-refractivity contribution in [2.75, 3.05) is 0 Å². The van der Waals surface area contributed by atoms with Crippen molar-refractivity contribution in [3.8, 4) is 5.75 Å². The number of ketones is 1. The molecule has 0 fully saturated rings. The lowest BCUT2D eigenvalue weighted by molar-refractivity contribution is -0.144. The molecule has 2 aromatic rings. The molecule has 0 spiro atoms. The molecule has 0 radical (unpaired) electrons. The van der Waals surface area contributed by atoms with Gasteiger partial charge in [0.1, 0.15) is 5.75 Å². The molecule has 0 aliphatic heterocycles. The molecule has 2 rings (SSSR count). The smallest absolute Gasteiger partial charge is 0.344 e. The topological polar surface area (TPSA) is 114 Å². The summed E-state index contributed by atoms with van der Waals surface area (Å²) in [5, 5.41) is 15.6. The van der Waals surface area contributed by atoms with E-state index in [0.29, 0.717) is 22.6 Å². The Kier molecular flexibility index (Phi) is 5.03. The molecule has 0 saturated carbocycles. The number of rotatable bonds is 6. The molecule has 7 heteroatoms. The van der Waals surface area contributed by atoms with E-state index < -0.39 is 12.1 Å². The van der Waals surface area contributed by atoms with Gasteiger partial charge >= 0.3 is 5.97 Å². The van der Waals surface area contributed by atoms with Crippen molar-refractivity contribution in [3.63, 3.8) is 0 Å². The number of nitrogens with zero attached hydrogens (tertiary/aromatic N) is 2. The summed E-state index contributed by atoms with van der Waals surface area (Å²) in [5.41, 5.74) is 1.51. The van der Waals surface area contributed by atoms with E-state index in [1.54, 1.807) is 48.5 Å². The van der Waals surface area contributed by atoms with E-state index in [1.165, 1.54) is 6.92 Å². The molecule has 23 heavy (non-hydrogen) atoms. The van der Waals surface area contributed by atoms with Crippen LogP contribution in [0.1, 0.15) is 22.8 Å². The van der Waals surface area contributed by atoms with Crippen LogP contribution in [-0.4, -0.2) is 23.0 Å². The molecule has 7 nitrogen and oxygen atoms in total. The van der Waals surface area contributed by atoms with Crippen LogP contribution < -0.4 is 10.6 Å². The maximum absolute atomic E-state index is 12.3. The lowest BCUT2D eigenvalue weighted by Gasteiger charge is -2.10. The molecule has 0 aromatic heterocycles. The third-order valence-electron chi connectivity index (χ3n) is 3.08. The second kappa shape index (κ2) is 7.17. The maximum atomic E-state index is 12.3. The quantitative estimate of drug-likeness (QED) is 0.368. The number of ether oxygens (including phenoxy) is 1. The molecular weight excluding hydrogens is 298 g/mol. The highest BCUT2D eigenvalue weighted by atomic mass is 16.5. The molecule has 1 atom stereocenters. The molecule has 118 valence electrons. The fourth-order valence-corrected chi connectivity index (χ4v) is 1.85. The van der Waals surface area contributed by atoms with Gasteiger partial charge in [0.05, 0.1) is 5.69 Å². The minimum absolute atomic E-state index is 0.168. The van der Waals surface area contributed by atoms with Crippen LogP contribution in [0.5, 0.6) is 5.75 Å². The first-order valence-electron chi connectivity index (χ1n) is 6.76. The van der Waals surface area contributed by atoms with Gasteiger partial charge in [-0.2, -0.15) is 0 Å². The molecule has 0 heterocycles. The third-order valence-corrected chi connectivity index (χ3v) is 3.08. The van der Waals surface area contributed by atoms with Gasteiger partial charge in [0.15, 0.2) is 11.9 Å². The molecule has 0 amide bonds. The van der Waals surface area contributed by atoms with Gasteiger partial charge in [-0.05, 0) is 55.5 Å². The SMILES string of the molecule is CC(Oc1ccc(C(=O)c2ccc(N=NN)cc2)cc1)C(=O)O. The highest BCUT2D eigenvalue weighted by Crippen LogP contribution is 2.19. The first-order valence-corrected chi connectivity index (χ1v) is 6.76. The fraction of sp³-hybridized carbons (Fsp3) is 0.125. The number of carbonyl (C=O) groups is 2. The van der Waals surface area contributed by atoms with Gasteiger partial charge in [-0.3, -0.25) is 4.79 Å². The zero-order chi connectivity index (χ0) is 16.8. The summed E-state index contributed by atoms with van der Waals surface area (Å²) in [7, 11) is 0. The summed E-state index contributed by atoms with van der Waals surface area (Å²) in [6, 6.07) is 12.8. The third kappa shape index (κ3) is 4.13. The van der Waals surface area contributed by atoms with Gasteiger partial charge in [0.25, 0.3) is 0 Å². The van der Waals surface area contributed by atoms with E-state index in [9.17, 15) is 9.59 Å². The second-order valence-electron chi connectivity index (χ2n) is 4.71. The van der Waals surface area contributed by atoms with Gasteiger partial charge in [-0.15, -0.1) is 5.11 Å². The monoisotopic (exact) mass is 313 g/mol. The lowest BCUT2D eigenvalue weighted by atomic mass is 10.0. The molecular formula is C16H15N3O4. The number of hydrogen-bond donors (Lipinski definition) is 2. The van der Waals surface area contributed by atoms with Crippen LogP contribution in [0.15, 0.2) is 58.9 Å². The molecule has 0 aliphatic rings. The van der Waals surface area contributed by atoms with Crippen LogP contribution in [-0.2, 0) is 4.79 Å². The van der Waals surface area contributed by atoms with E-state index >= 15 is 0 Å². The molecule has 0 bridgehead atoms. The van der Waals surface area contributed by atoms with E-state index in [4.69, 9.17) is 15.7 Å². The van der Waals surface area contributed by atoms with E-state index in [1.807, 2.05) is 0 Å². The Hall–Kier alpha value is -3.22. The predicted molar refractivity (Wildman–Crippen MR) is 82.7 cm³/mol. The zero-order valence-electron chi connectivity index (χ0n) is 12.3. The Balaban J connectivity index is 2.12. The number of carbonyl (C=O) groups excluding carboxylic acids is 1. The average Bonchev–Trinajstić information content (AvgIpc) is 2.56. The summed E-state index contributed by atoms with van der Waals surface area (Å²) < 4.78 is 5.21. The van der Waals surface area contributed by atoms with E-state index in [2.05, 4.69) is 10.3 Å². The molecule has 3 N–H and O–H groups in total. The first-order chi connectivity index (χ1) is 11.0. The number of benzene rings is 2. The van der Waals surface area contributed by atoms with Crippen molar-refractivity contribution in [1.29, 1.82) is 0 Å². The van der Waals surface area contributed by atoms with Crippen LogP contribution in [0.2, 0.25) is 0 Å². The molecule has 2 aromatic carbocycles. The Labute approximate surface area is 132 Å². The van der Waals surface area contributed by atoms with Gasteiger partial charge in [-0.25, -0.2) is 4.79 Å². The second-order valence-corrected chi connectivity index (χ2v) is 4.71. The lowest BCUT2D eigenvalue weighted by Crippen LogP contribution is -2.22. The minimum atomic E-state index is -1.06. The summed E-state index contributed by atoms with van der Waals surface area (Å²) >= 11 is 0. The molecule has 0 aliphatic carbocycles. The number of nitrogens with two attached hydrogens (primary N) is 1. The van der Waals surface area contributed by atoms with Crippen molar-refractivity contribution in [2.24, 2.45) is 16.2 Å². The van der Waals surface area contributed by atoms with Gasteiger partial charge in [0, 0.05) is 11.1 Å². The van der Waals surface area contributed by atoms with Crippen LogP contribution in [0.3, 0.4) is 0 Å². The Morgan fingerprint density at radius 1 is 1.04 bits per heavy atom. The highest BCUT2D eigenvalue weighted by Gasteiger charge is 2.13. The normalized spacial score (nSPS) is 12.0. The predicted octanol–water partition coefficient (Wildman–Crippen LogP) is 2.73. The van der Waals surface area contributed by atoms with Crippen molar-refractivity contribution in [2.45, 2.75) is 13.0 Å². The van der Waals surface area contributed by atoms with Crippen LogP contribution in [0.4, 0.5) is 5.69 Å². The number of hydrogen-bond acceptors (Lipinski definition) is 5. The van der Waals surface area contributed by atoms with Crippen LogP contribution in [0, 0.1) is 0 Å². The summed E-state index contributed by atoms with van der Waals surface area (Å²) in [4.78, 5) is 23.1. The van der Waals surface area contributed by atoms with Crippen molar-refractivity contribution >= 4 is 17.4 Å². The van der Waals surface area contributed by atoms with Crippen molar-refractivity contribution in [3.05, 3.63) is 59.7 Å². The van der Waals surface area contributed by atoms with Crippen molar-refractivity contribution < 1.29 is 19.4 Å². The summed E-state index contributed by atoms with van der Waals surface area (Å²) in [6.45, 7) is 1.43. The standard InChI is InChI=1S/C16H15N3O4/c1-10(16(21)22)23-14-8-4-12(5-9-14)15(20)11-2-6-13(7-3-11)18-19-17/h2-10H,1H3,(H2,17,18)(H,21,22). The van der Waals surface area contributed by atoms with Crippen molar-refractivity contribution in [1.82, 2.24) is 0 Å². The van der Waals surface area contributed by atoms with Gasteiger partial charge in [-0.1, -0.05) is 5.22 Å². The van der Waals surface area contributed by atoms with Crippen LogP contribution >= 0.6 is 0 Å². The maximum Gasteiger partial charge on any atom is 0.344 e. The minimum Gasteiger partial charge on any atom is -0.479 e. The van der Waals surface area contributed by atoms with Crippen LogP contribution in [0.25, 0.3) is 0 Å². The van der Waals surface area contributed by atoms with E-state index in [0.717, 1.165) is 0 Å². The largest absolute Gasteiger partial charge is 0.479 e. The average molecular weight is 313 g/mol. The number of carboxylic acid groups (broad SMARTS) is 1. The Morgan fingerprint density at radius 2 is 1.57 bits per heavy atom. The number of aliphatic carboxylic acids is 1. The first kappa shape index (κ1) is 16.2. The number of carboxylic acids is 1. The molecule has 1 unspecified atom stereocenters. The summed E-state index contributed by atoms with van der Waals surface area (Å²) in [5.74, 6) is 4.12. The zero-order valence-corrected chi connectivity index (χ0v) is 12.3. The molecule has 0 saturated heterocycles. The Morgan fingerprint density at radius 3 is 2.04 bits per heavy atom. The summed E-state index contributed by atoms with van der Waals surface area (Å²) in [6.07, 6.45) is -0.958.